The Balaban J connectivity index is 2.00. The van der Waals surface area contributed by atoms with Crippen LogP contribution in [0.5, 0.6) is 0 Å². The van der Waals surface area contributed by atoms with Crippen LogP contribution in [0, 0.1) is 0 Å². The number of imidazole rings is 1. The van der Waals surface area contributed by atoms with Crippen molar-refractivity contribution in [2.75, 3.05) is 0 Å². The first-order valence-electron chi connectivity index (χ1n) is 5.07. The second-order valence-electron chi connectivity index (χ2n) is 3.50. The van der Waals surface area contributed by atoms with Gasteiger partial charge in [-0.2, -0.15) is 0 Å². The van der Waals surface area contributed by atoms with Crippen molar-refractivity contribution in [3.05, 3.63) is 55.0 Å². The van der Waals surface area contributed by atoms with E-state index in [0.29, 0.717) is 0 Å². The highest BCUT2D eigenvalue weighted by Gasteiger charge is 2.04. The van der Waals surface area contributed by atoms with Crippen LogP contribution in [0.15, 0.2) is 55.0 Å². The highest BCUT2D eigenvalue weighted by atomic mass is 32.1. The van der Waals surface area contributed by atoms with Crippen molar-refractivity contribution in [3.63, 3.8) is 0 Å². The van der Waals surface area contributed by atoms with Gasteiger partial charge < -0.3 is 4.98 Å². The topological polar surface area (TPSA) is 28.7 Å². The SMILES string of the molecule is c1ccc(-c2ccc(-c3cnc[nH]3)s2)cc1. The fraction of sp³-hybridized carbons (Fsp3) is 0. The standard InChI is InChI=1S/C13H10N2S/c1-2-4-10(5-3-1)12-6-7-13(16-12)11-8-14-9-15-11/h1-9H,(H,14,15). The van der Waals surface area contributed by atoms with E-state index in [-0.39, 0.29) is 0 Å². The molecule has 2 nitrogen and oxygen atoms in total. The molecule has 3 rings (SSSR count). The van der Waals surface area contributed by atoms with Crippen LogP contribution in [0.3, 0.4) is 0 Å². The zero-order valence-electron chi connectivity index (χ0n) is 8.55. The van der Waals surface area contributed by atoms with Crippen molar-refractivity contribution in [1.29, 1.82) is 0 Å². The van der Waals surface area contributed by atoms with Crippen LogP contribution >= 0.6 is 11.3 Å². The van der Waals surface area contributed by atoms with E-state index >= 15 is 0 Å². The summed E-state index contributed by atoms with van der Waals surface area (Å²) < 4.78 is 0. The number of hydrogen-bond donors (Lipinski definition) is 1. The van der Waals surface area contributed by atoms with Gasteiger partial charge in [0.2, 0.25) is 0 Å². The number of thiophene rings is 1. The summed E-state index contributed by atoms with van der Waals surface area (Å²) in [5.74, 6) is 0. The largest absolute Gasteiger partial charge is 0.344 e. The van der Waals surface area contributed by atoms with Crippen molar-refractivity contribution in [2.24, 2.45) is 0 Å². The Morgan fingerprint density at radius 3 is 2.50 bits per heavy atom. The Labute approximate surface area is 97.6 Å². The number of hydrogen-bond acceptors (Lipinski definition) is 2. The highest BCUT2D eigenvalue weighted by molar-refractivity contribution is 7.18. The number of nitrogens with zero attached hydrogens (tertiary/aromatic N) is 1. The third-order valence-corrected chi connectivity index (χ3v) is 3.60. The van der Waals surface area contributed by atoms with Gasteiger partial charge in [0.25, 0.3) is 0 Å². The fourth-order valence-corrected chi connectivity index (χ4v) is 2.62. The molecule has 0 bridgehead atoms. The highest BCUT2D eigenvalue weighted by Crippen LogP contribution is 2.32. The maximum absolute atomic E-state index is 4.03. The molecule has 1 aromatic carbocycles. The molecule has 0 aliphatic carbocycles. The molecule has 3 heteroatoms. The molecule has 2 heterocycles. The molecule has 0 atom stereocenters. The molecular formula is C13H10N2S. The Bertz CT molecular complexity index is 567. The minimum absolute atomic E-state index is 1.08. The number of H-pyrrole nitrogens is 1. The molecule has 0 spiro atoms. The average Bonchev–Trinajstić information content (AvgIpc) is 3.01. The zero-order chi connectivity index (χ0) is 10.8. The predicted octanol–water partition coefficient (Wildman–Crippen LogP) is 3.81. The summed E-state index contributed by atoms with van der Waals surface area (Å²) in [6.07, 6.45) is 3.55. The molecule has 0 saturated carbocycles. The lowest BCUT2D eigenvalue weighted by Gasteiger charge is -1.94. The summed E-state index contributed by atoms with van der Waals surface area (Å²) >= 11 is 1.77. The van der Waals surface area contributed by atoms with Crippen LogP contribution in [0.1, 0.15) is 0 Å². The number of rotatable bonds is 2. The summed E-state index contributed by atoms with van der Waals surface area (Å²) in [7, 11) is 0. The molecule has 78 valence electrons. The minimum Gasteiger partial charge on any atom is -0.344 e. The number of nitrogens with one attached hydrogen (secondary N) is 1. The van der Waals surface area contributed by atoms with Crippen molar-refractivity contribution >= 4 is 11.3 Å². The van der Waals surface area contributed by atoms with Gasteiger partial charge >= 0.3 is 0 Å². The van der Waals surface area contributed by atoms with E-state index in [1.165, 1.54) is 15.3 Å². The lowest BCUT2D eigenvalue weighted by Crippen LogP contribution is -1.68. The van der Waals surface area contributed by atoms with Crippen LogP contribution < -0.4 is 0 Å². The second kappa shape index (κ2) is 3.94. The van der Waals surface area contributed by atoms with Crippen LogP contribution in [-0.2, 0) is 0 Å². The third-order valence-electron chi connectivity index (χ3n) is 2.43. The normalized spacial score (nSPS) is 10.5. The van der Waals surface area contributed by atoms with E-state index < -0.39 is 0 Å². The summed E-state index contributed by atoms with van der Waals surface area (Å²) in [4.78, 5) is 9.65. The Morgan fingerprint density at radius 1 is 0.938 bits per heavy atom. The smallest absolute Gasteiger partial charge is 0.0924 e. The van der Waals surface area contributed by atoms with E-state index in [0.717, 1.165) is 5.69 Å². The molecule has 1 N–H and O–H groups in total. The van der Waals surface area contributed by atoms with Gasteiger partial charge in [-0.3, -0.25) is 0 Å². The van der Waals surface area contributed by atoms with E-state index in [9.17, 15) is 0 Å². The number of benzene rings is 1. The van der Waals surface area contributed by atoms with Gasteiger partial charge in [0, 0.05) is 4.88 Å². The first-order valence-corrected chi connectivity index (χ1v) is 5.89. The second-order valence-corrected chi connectivity index (χ2v) is 4.58. The maximum atomic E-state index is 4.03. The van der Waals surface area contributed by atoms with Crippen LogP contribution in [0.25, 0.3) is 21.0 Å². The first-order chi connectivity index (χ1) is 7.93. The Hall–Kier alpha value is -1.87. The maximum Gasteiger partial charge on any atom is 0.0924 e. The molecule has 0 aliphatic rings. The van der Waals surface area contributed by atoms with Gasteiger partial charge in [-0.15, -0.1) is 11.3 Å². The lowest BCUT2D eigenvalue weighted by molar-refractivity contribution is 1.32. The van der Waals surface area contributed by atoms with Crippen LogP contribution in [0.2, 0.25) is 0 Å². The molecule has 0 unspecified atom stereocenters. The predicted molar refractivity (Wildman–Crippen MR) is 67.3 cm³/mol. The van der Waals surface area contributed by atoms with Crippen LogP contribution in [-0.4, -0.2) is 9.97 Å². The number of aromatic nitrogens is 2. The third kappa shape index (κ3) is 1.66. The molecule has 0 aliphatic heterocycles. The van der Waals surface area contributed by atoms with Crippen LogP contribution in [0.4, 0.5) is 0 Å². The molecule has 0 saturated heterocycles. The summed E-state index contributed by atoms with van der Waals surface area (Å²) in [6.45, 7) is 0. The Morgan fingerprint density at radius 2 is 1.75 bits per heavy atom. The first kappa shape index (κ1) is 9.36. The quantitative estimate of drug-likeness (QED) is 0.707. The van der Waals surface area contributed by atoms with Gasteiger partial charge in [-0.1, -0.05) is 30.3 Å². The van der Waals surface area contributed by atoms with Gasteiger partial charge in [0.05, 0.1) is 23.1 Å². The van der Waals surface area contributed by atoms with E-state index in [4.69, 9.17) is 0 Å². The van der Waals surface area contributed by atoms with E-state index in [1.54, 1.807) is 17.7 Å². The van der Waals surface area contributed by atoms with Crippen molar-refractivity contribution in [3.8, 4) is 21.0 Å². The van der Waals surface area contributed by atoms with E-state index in [1.807, 2.05) is 12.3 Å². The monoisotopic (exact) mass is 226 g/mol. The Kier molecular flexibility index (Phi) is 2.31. The molecule has 3 aromatic rings. The molecule has 0 radical (unpaired) electrons. The molecule has 0 amide bonds. The number of aromatic amines is 1. The van der Waals surface area contributed by atoms with Crippen molar-refractivity contribution in [2.45, 2.75) is 0 Å². The summed E-state index contributed by atoms with van der Waals surface area (Å²) in [5, 5.41) is 0. The van der Waals surface area contributed by atoms with Crippen molar-refractivity contribution in [1.82, 2.24) is 9.97 Å². The van der Waals surface area contributed by atoms with Gasteiger partial charge in [0.1, 0.15) is 0 Å². The average molecular weight is 226 g/mol. The fourth-order valence-electron chi connectivity index (χ4n) is 1.63. The molecule has 2 aromatic heterocycles. The minimum atomic E-state index is 1.08. The van der Waals surface area contributed by atoms with E-state index in [2.05, 4.69) is 46.4 Å². The van der Waals surface area contributed by atoms with Gasteiger partial charge in [-0.05, 0) is 17.7 Å². The van der Waals surface area contributed by atoms with Gasteiger partial charge in [-0.25, -0.2) is 4.98 Å². The lowest BCUT2D eigenvalue weighted by atomic mass is 10.2. The summed E-state index contributed by atoms with van der Waals surface area (Å²) in [6, 6.07) is 14.7. The molecular weight excluding hydrogens is 216 g/mol. The molecule has 16 heavy (non-hydrogen) atoms. The molecule has 0 fully saturated rings. The zero-order valence-corrected chi connectivity index (χ0v) is 9.37. The van der Waals surface area contributed by atoms with Crippen molar-refractivity contribution < 1.29 is 0 Å². The summed E-state index contributed by atoms with van der Waals surface area (Å²) in [5.41, 5.74) is 2.34. The van der Waals surface area contributed by atoms with Gasteiger partial charge in [0.15, 0.2) is 0 Å².